The van der Waals surface area contributed by atoms with E-state index in [0.717, 1.165) is 20.8 Å². The van der Waals surface area contributed by atoms with Gasteiger partial charge in [0.05, 0.1) is 11.4 Å². The third-order valence-electron chi connectivity index (χ3n) is 1.81. The van der Waals surface area contributed by atoms with Gasteiger partial charge in [-0.25, -0.2) is 4.98 Å². The topological polar surface area (TPSA) is 64.7 Å². The molecule has 0 amide bonds. The van der Waals surface area contributed by atoms with E-state index in [0.29, 0.717) is 5.13 Å². The Morgan fingerprint density at radius 2 is 2.07 bits per heavy atom. The Morgan fingerprint density at radius 3 is 2.60 bits per heavy atom. The van der Waals surface area contributed by atoms with Crippen LogP contribution in [-0.4, -0.2) is 15.2 Å². The molecule has 4 nitrogen and oxygen atoms in total. The summed E-state index contributed by atoms with van der Waals surface area (Å²) in [5.74, 6) is 0.841. The van der Waals surface area contributed by atoms with Crippen molar-refractivity contribution in [3.63, 3.8) is 0 Å². The minimum atomic E-state index is 0.518. The standard InChI is InChI=1S/C8H10N4S3/c1-4-5(2)14-6(10-4)3-13-8-12-11-7(9)15-8/h3H2,1-2H3,(H2,9,11). The van der Waals surface area contributed by atoms with E-state index < -0.39 is 0 Å². The van der Waals surface area contributed by atoms with E-state index in [4.69, 9.17) is 5.73 Å². The van der Waals surface area contributed by atoms with Crippen LogP contribution in [0.3, 0.4) is 0 Å². The molecular formula is C8H10N4S3. The highest BCUT2D eigenvalue weighted by molar-refractivity contribution is 8.00. The number of aryl methyl sites for hydroxylation is 2. The second kappa shape index (κ2) is 4.46. The van der Waals surface area contributed by atoms with Crippen LogP contribution >= 0.6 is 34.4 Å². The molecule has 2 N–H and O–H groups in total. The summed E-state index contributed by atoms with van der Waals surface area (Å²) in [7, 11) is 0. The third-order valence-corrected chi connectivity index (χ3v) is 4.97. The van der Waals surface area contributed by atoms with Crippen molar-refractivity contribution in [2.24, 2.45) is 0 Å². The van der Waals surface area contributed by atoms with E-state index in [1.165, 1.54) is 16.2 Å². The molecular weight excluding hydrogens is 248 g/mol. The second-order valence-electron chi connectivity index (χ2n) is 2.94. The Kier molecular flexibility index (Phi) is 3.22. The molecule has 2 aromatic rings. The number of thioether (sulfide) groups is 1. The van der Waals surface area contributed by atoms with Crippen molar-refractivity contribution in [1.29, 1.82) is 0 Å². The van der Waals surface area contributed by atoms with Crippen LogP contribution in [0.5, 0.6) is 0 Å². The second-order valence-corrected chi connectivity index (χ2v) is 6.46. The maximum atomic E-state index is 5.49. The van der Waals surface area contributed by atoms with E-state index in [2.05, 4.69) is 22.1 Å². The van der Waals surface area contributed by atoms with E-state index in [1.54, 1.807) is 23.1 Å². The number of nitrogen functional groups attached to an aromatic ring is 1. The lowest BCUT2D eigenvalue weighted by Crippen LogP contribution is -1.80. The van der Waals surface area contributed by atoms with Crippen LogP contribution in [-0.2, 0) is 5.75 Å². The third kappa shape index (κ3) is 2.67. The summed E-state index contributed by atoms with van der Waals surface area (Å²) in [6.07, 6.45) is 0. The Bertz CT molecular complexity index is 443. The maximum absolute atomic E-state index is 5.49. The highest BCUT2D eigenvalue weighted by Crippen LogP contribution is 2.28. The van der Waals surface area contributed by atoms with Gasteiger partial charge in [0.25, 0.3) is 0 Å². The molecule has 0 atom stereocenters. The SMILES string of the molecule is Cc1nc(CSc2nnc(N)s2)sc1C. The molecule has 15 heavy (non-hydrogen) atoms. The highest BCUT2D eigenvalue weighted by Gasteiger charge is 2.06. The van der Waals surface area contributed by atoms with Crippen LogP contribution in [0.4, 0.5) is 5.13 Å². The van der Waals surface area contributed by atoms with Crippen molar-refractivity contribution in [2.75, 3.05) is 5.73 Å². The molecule has 0 bridgehead atoms. The molecule has 0 fully saturated rings. The predicted octanol–water partition coefficient (Wildman–Crippen LogP) is 2.49. The van der Waals surface area contributed by atoms with Crippen molar-refractivity contribution >= 4 is 39.6 Å². The largest absolute Gasteiger partial charge is 0.374 e. The Morgan fingerprint density at radius 1 is 1.27 bits per heavy atom. The van der Waals surface area contributed by atoms with E-state index in [1.807, 2.05) is 6.92 Å². The first-order chi connectivity index (χ1) is 7.15. The minimum absolute atomic E-state index is 0.518. The monoisotopic (exact) mass is 258 g/mol. The number of hydrogen-bond donors (Lipinski definition) is 1. The lowest BCUT2D eigenvalue weighted by Gasteiger charge is -1.90. The lowest BCUT2D eigenvalue weighted by molar-refractivity contribution is 1.02. The molecule has 0 aromatic carbocycles. The number of anilines is 1. The van der Waals surface area contributed by atoms with Gasteiger partial charge in [0, 0.05) is 4.88 Å². The average Bonchev–Trinajstić information content (AvgIpc) is 2.72. The molecule has 0 aliphatic rings. The predicted molar refractivity (Wildman–Crippen MR) is 65.5 cm³/mol. The van der Waals surface area contributed by atoms with E-state index in [9.17, 15) is 0 Å². The van der Waals surface area contributed by atoms with Crippen molar-refractivity contribution < 1.29 is 0 Å². The smallest absolute Gasteiger partial charge is 0.203 e. The zero-order valence-corrected chi connectivity index (χ0v) is 10.8. The number of thiazole rings is 1. The summed E-state index contributed by atoms with van der Waals surface area (Å²) in [6, 6.07) is 0. The van der Waals surface area contributed by atoms with Gasteiger partial charge in [-0.05, 0) is 13.8 Å². The molecule has 0 aliphatic carbocycles. The fourth-order valence-corrected chi connectivity index (χ4v) is 3.57. The molecule has 0 radical (unpaired) electrons. The minimum Gasteiger partial charge on any atom is -0.374 e. The summed E-state index contributed by atoms with van der Waals surface area (Å²) in [4.78, 5) is 5.73. The lowest BCUT2D eigenvalue weighted by atomic mass is 10.4. The molecule has 80 valence electrons. The van der Waals surface area contributed by atoms with Crippen molar-refractivity contribution in [3.8, 4) is 0 Å². The van der Waals surface area contributed by atoms with Gasteiger partial charge in [-0.3, -0.25) is 0 Å². The summed E-state index contributed by atoms with van der Waals surface area (Å²) in [6.45, 7) is 4.12. The van der Waals surface area contributed by atoms with Gasteiger partial charge in [0.15, 0.2) is 4.34 Å². The van der Waals surface area contributed by atoms with E-state index >= 15 is 0 Å². The normalized spacial score (nSPS) is 10.8. The quantitative estimate of drug-likeness (QED) is 0.857. The van der Waals surface area contributed by atoms with Gasteiger partial charge >= 0.3 is 0 Å². The molecule has 0 saturated heterocycles. The molecule has 0 spiro atoms. The molecule has 0 unspecified atom stereocenters. The summed E-state index contributed by atoms with van der Waals surface area (Å²) in [5.41, 5.74) is 6.61. The Hall–Kier alpha value is -0.660. The van der Waals surface area contributed by atoms with Crippen molar-refractivity contribution in [1.82, 2.24) is 15.2 Å². The first-order valence-corrected chi connectivity index (χ1v) is 6.91. The first kappa shape index (κ1) is 10.8. The van der Waals surface area contributed by atoms with Crippen LogP contribution in [0.25, 0.3) is 0 Å². The Balaban J connectivity index is 1.99. The number of nitrogens with two attached hydrogens (primary N) is 1. The van der Waals surface area contributed by atoms with Gasteiger partial charge in [-0.1, -0.05) is 23.1 Å². The first-order valence-electron chi connectivity index (χ1n) is 4.30. The summed E-state index contributed by atoms with van der Waals surface area (Å²) >= 11 is 4.78. The van der Waals surface area contributed by atoms with Crippen molar-refractivity contribution in [3.05, 3.63) is 15.6 Å². The van der Waals surface area contributed by atoms with Crippen molar-refractivity contribution in [2.45, 2.75) is 23.9 Å². The number of hydrogen-bond acceptors (Lipinski definition) is 7. The molecule has 2 aromatic heterocycles. The summed E-state index contributed by atoms with van der Waals surface area (Å²) < 4.78 is 0.901. The van der Waals surface area contributed by atoms with Gasteiger partial charge in [0.1, 0.15) is 5.01 Å². The van der Waals surface area contributed by atoms with Crippen LogP contribution in [0.1, 0.15) is 15.6 Å². The van der Waals surface area contributed by atoms with Crippen LogP contribution in [0, 0.1) is 13.8 Å². The molecule has 0 aliphatic heterocycles. The van der Waals surface area contributed by atoms with E-state index in [-0.39, 0.29) is 0 Å². The van der Waals surface area contributed by atoms with Gasteiger partial charge in [0.2, 0.25) is 5.13 Å². The number of rotatable bonds is 3. The number of nitrogens with zero attached hydrogens (tertiary/aromatic N) is 3. The highest BCUT2D eigenvalue weighted by atomic mass is 32.2. The van der Waals surface area contributed by atoms with Crippen LogP contribution in [0.15, 0.2) is 4.34 Å². The van der Waals surface area contributed by atoms with Crippen LogP contribution < -0.4 is 5.73 Å². The Labute approximate surface area is 100.0 Å². The molecule has 0 saturated carbocycles. The van der Waals surface area contributed by atoms with Gasteiger partial charge in [-0.15, -0.1) is 21.5 Å². The fraction of sp³-hybridized carbons (Fsp3) is 0.375. The van der Waals surface area contributed by atoms with Gasteiger partial charge in [-0.2, -0.15) is 0 Å². The summed E-state index contributed by atoms with van der Waals surface area (Å²) in [5, 5.41) is 9.35. The average molecular weight is 258 g/mol. The fourth-order valence-electron chi connectivity index (χ4n) is 1.00. The zero-order valence-electron chi connectivity index (χ0n) is 8.35. The number of aromatic nitrogens is 3. The maximum Gasteiger partial charge on any atom is 0.203 e. The van der Waals surface area contributed by atoms with Gasteiger partial charge < -0.3 is 5.73 Å². The molecule has 2 rings (SSSR count). The zero-order chi connectivity index (χ0) is 10.8. The molecule has 2 heterocycles. The molecule has 7 heteroatoms. The van der Waals surface area contributed by atoms with Crippen LogP contribution in [0.2, 0.25) is 0 Å².